The summed E-state index contributed by atoms with van der Waals surface area (Å²) < 4.78 is 25.7. The average Bonchev–Trinajstić information content (AvgIpc) is 3.26. The molecule has 1 amide bonds. The number of benzene rings is 4. The molecule has 1 saturated heterocycles. The minimum Gasteiger partial charge on any atom is -0.493 e. The molecule has 202 valence electrons. The highest BCUT2D eigenvalue weighted by molar-refractivity contribution is 14.1. The van der Waals surface area contributed by atoms with Crippen molar-refractivity contribution in [1.29, 1.82) is 0 Å². The third kappa shape index (κ3) is 6.92. The lowest BCUT2D eigenvalue weighted by molar-refractivity contribution is -0.122. The molecule has 1 aliphatic rings. The van der Waals surface area contributed by atoms with Gasteiger partial charge in [0.05, 0.1) is 28.7 Å². The molecule has 0 N–H and O–H groups in total. The number of thioether (sulfide) groups is 1. The van der Waals surface area contributed by atoms with Crippen molar-refractivity contribution in [3.8, 4) is 11.5 Å². The van der Waals surface area contributed by atoms with Crippen molar-refractivity contribution >= 4 is 51.5 Å². The summed E-state index contributed by atoms with van der Waals surface area (Å²) in [5, 5.41) is 0.671. The van der Waals surface area contributed by atoms with Gasteiger partial charge >= 0.3 is 0 Å². The van der Waals surface area contributed by atoms with Gasteiger partial charge in [-0.2, -0.15) is 0 Å². The number of amides is 1. The van der Waals surface area contributed by atoms with Gasteiger partial charge in [0.15, 0.2) is 16.7 Å². The van der Waals surface area contributed by atoms with Crippen LogP contribution in [0.1, 0.15) is 22.3 Å². The van der Waals surface area contributed by atoms with E-state index in [1.54, 1.807) is 24.1 Å². The van der Waals surface area contributed by atoms with Crippen LogP contribution in [-0.2, 0) is 24.5 Å². The van der Waals surface area contributed by atoms with E-state index in [1.807, 2.05) is 78.9 Å². The quantitative estimate of drug-likeness (QED) is 0.136. The van der Waals surface area contributed by atoms with Crippen LogP contribution in [0, 0.1) is 9.39 Å². The second-order valence-corrected chi connectivity index (χ2v) is 11.2. The van der Waals surface area contributed by atoms with Crippen LogP contribution >= 0.6 is 34.4 Å². The molecule has 0 unspecified atom stereocenters. The molecule has 1 aliphatic heterocycles. The smallest absolute Gasteiger partial charge is 0.267 e. The van der Waals surface area contributed by atoms with Crippen molar-refractivity contribution < 1.29 is 18.7 Å². The molecule has 0 aromatic heterocycles. The van der Waals surface area contributed by atoms with Crippen molar-refractivity contribution in [2.75, 3.05) is 7.11 Å². The minimum atomic E-state index is -0.289. The molecule has 5 rings (SSSR count). The Balaban J connectivity index is 1.40. The number of aliphatic imine (C=N–C) groups is 1. The van der Waals surface area contributed by atoms with Crippen LogP contribution in [0.3, 0.4) is 0 Å². The van der Waals surface area contributed by atoms with Crippen molar-refractivity contribution in [3.63, 3.8) is 0 Å². The van der Waals surface area contributed by atoms with Gasteiger partial charge in [-0.15, -0.1) is 0 Å². The van der Waals surface area contributed by atoms with E-state index in [1.165, 1.54) is 23.9 Å². The largest absolute Gasteiger partial charge is 0.493 e. The lowest BCUT2D eigenvalue weighted by Crippen LogP contribution is -2.28. The Bertz CT molecular complexity index is 1540. The topological polar surface area (TPSA) is 51.1 Å². The first-order valence-corrected chi connectivity index (χ1v) is 14.5. The van der Waals surface area contributed by atoms with E-state index < -0.39 is 0 Å². The number of carbonyl (C=O) groups is 1. The van der Waals surface area contributed by atoms with E-state index in [9.17, 15) is 9.18 Å². The standard InChI is InChI=1S/C32H26FIN2O3S/c1-38-28-17-25(16-27(34)30(28)39-21-24-12-14-26(33)15-13-24)18-29-31(37)36(20-23-10-6-3-7-11-23)32(40-29)35-19-22-8-4-2-5-9-22/h2-18H,19-21H2,1H3/b29-18+,35-32?. The first-order valence-electron chi connectivity index (χ1n) is 12.6. The number of halogens is 2. The van der Waals surface area contributed by atoms with E-state index in [0.717, 1.165) is 25.8 Å². The van der Waals surface area contributed by atoms with Gasteiger partial charge in [-0.1, -0.05) is 72.8 Å². The van der Waals surface area contributed by atoms with Gasteiger partial charge in [0.25, 0.3) is 5.91 Å². The molecule has 0 spiro atoms. The van der Waals surface area contributed by atoms with Crippen LogP contribution in [0.5, 0.6) is 11.5 Å². The van der Waals surface area contributed by atoms with Crippen LogP contribution in [0.15, 0.2) is 107 Å². The molecule has 1 heterocycles. The number of methoxy groups -OCH3 is 1. The van der Waals surface area contributed by atoms with Gasteiger partial charge in [-0.25, -0.2) is 4.39 Å². The number of carbonyl (C=O) groups excluding carboxylic acids is 1. The fourth-order valence-corrected chi connectivity index (χ4v) is 5.88. The van der Waals surface area contributed by atoms with Gasteiger partial charge in [0, 0.05) is 0 Å². The fourth-order valence-electron chi connectivity index (χ4n) is 4.12. The Morgan fingerprint density at radius 2 is 1.60 bits per heavy atom. The molecule has 0 radical (unpaired) electrons. The molecule has 0 atom stereocenters. The summed E-state index contributed by atoms with van der Waals surface area (Å²) in [4.78, 5) is 20.7. The first-order chi connectivity index (χ1) is 19.5. The van der Waals surface area contributed by atoms with E-state index in [2.05, 4.69) is 22.6 Å². The normalized spacial score (nSPS) is 15.2. The van der Waals surface area contributed by atoms with Crippen LogP contribution in [-0.4, -0.2) is 23.1 Å². The van der Waals surface area contributed by atoms with E-state index in [0.29, 0.717) is 34.7 Å². The number of nitrogens with zero attached hydrogens (tertiary/aromatic N) is 2. The summed E-state index contributed by atoms with van der Waals surface area (Å²) in [6.45, 7) is 1.20. The molecule has 4 aromatic rings. The van der Waals surface area contributed by atoms with Crippen molar-refractivity contribution in [2.24, 2.45) is 4.99 Å². The number of amidine groups is 1. The zero-order chi connectivity index (χ0) is 27.9. The molecular formula is C32H26FIN2O3S. The zero-order valence-electron chi connectivity index (χ0n) is 21.7. The monoisotopic (exact) mass is 664 g/mol. The summed E-state index contributed by atoms with van der Waals surface area (Å²) >= 11 is 3.57. The van der Waals surface area contributed by atoms with E-state index >= 15 is 0 Å². The van der Waals surface area contributed by atoms with Gasteiger partial charge in [0.1, 0.15) is 12.4 Å². The first kappa shape index (κ1) is 27.9. The van der Waals surface area contributed by atoms with Crippen molar-refractivity contribution in [2.45, 2.75) is 19.7 Å². The zero-order valence-corrected chi connectivity index (χ0v) is 24.7. The highest BCUT2D eigenvalue weighted by Crippen LogP contribution is 2.38. The summed E-state index contributed by atoms with van der Waals surface area (Å²) in [5.41, 5.74) is 3.77. The Kier molecular flexibility index (Phi) is 9.18. The molecule has 4 aromatic carbocycles. The van der Waals surface area contributed by atoms with Crippen molar-refractivity contribution in [1.82, 2.24) is 4.90 Å². The summed E-state index contributed by atoms with van der Waals surface area (Å²) in [6, 6.07) is 29.9. The molecule has 0 saturated carbocycles. The van der Waals surface area contributed by atoms with Crippen molar-refractivity contribution in [3.05, 3.63) is 134 Å². The highest BCUT2D eigenvalue weighted by Gasteiger charge is 2.33. The minimum absolute atomic E-state index is 0.0914. The number of hydrogen-bond donors (Lipinski definition) is 0. The van der Waals surface area contributed by atoms with E-state index in [4.69, 9.17) is 14.5 Å². The maximum absolute atomic E-state index is 13.6. The molecule has 40 heavy (non-hydrogen) atoms. The van der Waals surface area contributed by atoms with Gasteiger partial charge in [0.2, 0.25) is 0 Å². The van der Waals surface area contributed by atoms with Crippen LogP contribution in [0.25, 0.3) is 6.08 Å². The lowest BCUT2D eigenvalue weighted by Gasteiger charge is -2.16. The molecule has 8 heteroatoms. The van der Waals surface area contributed by atoms with Crippen LogP contribution < -0.4 is 9.47 Å². The number of ether oxygens (including phenoxy) is 2. The molecule has 1 fully saturated rings. The summed E-state index contributed by atoms with van der Waals surface area (Å²) in [5.74, 6) is 0.765. The molecule has 5 nitrogen and oxygen atoms in total. The summed E-state index contributed by atoms with van der Waals surface area (Å²) in [6.07, 6.45) is 1.87. The molecule has 0 bridgehead atoms. The van der Waals surface area contributed by atoms with Crippen LogP contribution in [0.2, 0.25) is 0 Å². The lowest BCUT2D eigenvalue weighted by atomic mass is 10.1. The average molecular weight is 665 g/mol. The maximum atomic E-state index is 13.6. The number of hydrogen-bond acceptors (Lipinski definition) is 5. The van der Waals surface area contributed by atoms with Gasteiger partial charge < -0.3 is 9.47 Å². The molecular weight excluding hydrogens is 638 g/mol. The SMILES string of the molecule is COc1cc(/C=C2/SC(=NCc3ccccc3)N(Cc3ccccc3)C2=O)cc(I)c1OCc1ccc(F)cc1. The Hall–Kier alpha value is -3.63. The highest BCUT2D eigenvalue weighted by atomic mass is 127. The second-order valence-electron chi connectivity index (χ2n) is 9.02. The van der Waals surface area contributed by atoms with Crippen LogP contribution in [0.4, 0.5) is 4.39 Å². The number of rotatable bonds is 9. The Morgan fingerprint density at radius 3 is 2.27 bits per heavy atom. The van der Waals surface area contributed by atoms with Gasteiger partial charge in [-0.05, 0) is 86.9 Å². The maximum Gasteiger partial charge on any atom is 0.267 e. The molecule has 0 aliphatic carbocycles. The third-order valence-corrected chi connectivity index (χ3v) is 8.00. The predicted molar refractivity (Wildman–Crippen MR) is 167 cm³/mol. The third-order valence-electron chi connectivity index (χ3n) is 6.16. The Morgan fingerprint density at radius 1 is 0.925 bits per heavy atom. The second kappa shape index (κ2) is 13.1. The van der Waals surface area contributed by atoms with E-state index in [-0.39, 0.29) is 18.3 Å². The fraction of sp³-hybridized carbons (Fsp3) is 0.125. The predicted octanol–water partition coefficient (Wildman–Crippen LogP) is 7.69. The summed E-state index contributed by atoms with van der Waals surface area (Å²) in [7, 11) is 1.58. The Labute approximate surface area is 250 Å². The van der Waals surface area contributed by atoms with Gasteiger partial charge in [-0.3, -0.25) is 14.7 Å².